The Balaban J connectivity index is 1.29. The molecule has 1 spiro atoms. The van der Waals surface area contributed by atoms with Crippen LogP contribution in [0.4, 0.5) is 10.2 Å². The minimum absolute atomic E-state index is 0.336. The molecule has 0 unspecified atom stereocenters. The van der Waals surface area contributed by atoms with Gasteiger partial charge >= 0.3 is 0 Å². The molecule has 3 aliphatic rings. The van der Waals surface area contributed by atoms with Gasteiger partial charge < -0.3 is 9.80 Å². The van der Waals surface area contributed by atoms with Gasteiger partial charge in [0.15, 0.2) is 5.83 Å². The van der Waals surface area contributed by atoms with E-state index in [1.54, 1.807) is 4.90 Å². The normalized spacial score (nSPS) is 23.6. The predicted molar refractivity (Wildman–Crippen MR) is 98.3 cm³/mol. The van der Waals surface area contributed by atoms with E-state index in [0.29, 0.717) is 12.1 Å². The first-order chi connectivity index (χ1) is 12.2. The summed E-state index contributed by atoms with van der Waals surface area (Å²) in [6.07, 6.45) is 7.26. The number of anilines is 1. The predicted octanol–water partition coefficient (Wildman–Crippen LogP) is 2.66. The molecule has 6 heteroatoms. The van der Waals surface area contributed by atoms with Crippen molar-refractivity contribution in [1.29, 1.82) is 0 Å². The van der Waals surface area contributed by atoms with E-state index in [1.807, 2.05) is 12.3 Å². The van der Waals surface area contributed by atoms with Crippen LogP contribution in [0.1, 0.15) is 25.3 Å². The van der Waals surface area contributed by atoms with Crippen LogP contribution in [0.5, 0.6) is 0 Å². The number of likely N-dealkylation sites (tertiary alicyclic amines) is 2. The van der Waals surface area contributed by atoms with E-state index in [1.165, 1.54) is 63.5 Å². The van der Waals surface area contributed by atoms with E-state index in [9.17, 15) is 4.39 Å². The van der Waals surface area contributed by atoms with Crippen LogP contribution in [0, 0.1) is 5.41 Å². The van der Waals surface area contributed by atoms with Crippen LogP contribution in [0.15, 0.2) is 35.3 Å². The molecule has 0 bridgehead atoms. The molecule has 0 atom stereocenters. The Bertz CT molecular complexity index is 653. The minimum atomic E-state index is -0.336. The Hall–Kier alpha value is -1.79. The van der Waals surface area contributed by atoms with Crippen LogP contribution in [-0.2, 0) is 6.54 Å². The number of allylic oxidation sites excluding steroid dienone is 1. The van der Waals surface area contributed by atoms with Crippen molar-refractivity contribution < 1.29 is 4.39 Å². The molecule has 134 valence electrons. The van der Waals surface area contributed by atoms with Gasteiger partial charge in [-0.15, -0.1) is 0 Å². The maximum atomic E-state index is 13.3. The topological polar surface area (TPSA) is 35.0 Å². The van der Waals surface area contributed by atoms with Gasteiger partial charge in [-0.2, -0.15) is 0 Å². The fourth-order valence-electron chi connectivity index (χ4n) is 4.19. The average Bonchev–Trinajstić information content (AvgIpc) is 2.62. The first kappa shape index (κ1) is 16.7. The number of hydrogen-bond acceptors (Lipinski definition) is 5. The molecule has 0 aromatic carbocycles. The van der Waals surface area contributed by atoms with Crippen molar-refractivity contribution in [3.05, 3.63) is 35.9 Å². The lowest BCUT2D eigenvalue weighted by Crippen LogP contribution is -2.59. The van der Waals surface area contributed by atoms with Crippen LogP contribution in [0.25, 0.3) is 0 Å². The molecule has 3 aliphatic heterocycles. The number of rotatable bonds is 4. The number of aliphatic imine (C=N–C) groups is 1. The third-order valence-electron chi connectivity index (χ3n) is 5.72. The zero-order valence-corrected chi connectivity index (χ0v) is 14.9. The van der Waals surface area contributed by atoms with Crippen molar-refractivity contribution in [2.24, 2.45) is 10.4 Å². The monoisotopic (exact) mass is 343 g/mol. The van der Waals surface area contributed by atoms with Crippen molar-refractivity contribution in [3.8, 4) is 0 Å². The van der Waals surface area contributed by atoms with Gasteiger partial charge in [0.05, 0.1) is 6.21 Å². The summed E-state index contributed by atoms with van der Waals surface area (Å²) < 4.78 is 13.3. The van der Waals surface area contributed by atoms with Crippen LogP contribution in [0.3, 0.4) is 0 Å². The smallest absolute Gasteiger partial charge is 0.157 e. The maximum absolute atomic E-state index is 13.3. The van der Waals surface area contributed by atoms with Crippen LogP contribution >= 0.6 is 0 Å². The van der Waals surface area contributed by atoms with Crippen molar-refractivity contribution in [1.82, 2.24) is 14.8 Å². The molecule has 4 rings (SSSR count). The van der Waals surface area contributed by atoms with E-state index >= 15 is 0 Å². The molecule has 0 amide bonds. The van der Waals surface area contributed by atoms with Gasteiger partial charge in [0.2, 0.25) is 0 Å². The molecule has 1 aromatic heterocycles. The summed E-state index contributed by atoms with van der Waals surface area (Å²) in [5.74, 6) is 0.403. The summed E-state index contributed by atoms with van der Waals surface area (Å²) >= 11 is 0. The van der Waals surface area contributed by atoms with Crippen LogP contribution in [0.2, 0.25) is 0 Å². The van der Waals surface area contributed by atoms with Crippen molar-refractivity contribution >= 4 is 12.0 Å². The summed E-state index contributed by atoms with van der Waals surface area (Å²) in [4.78, 5) is 15.2. The number of aromatic nitrogens is 1. The molecule has 5 nitrogen and oxygen atoms in total. The highest BCUT2D eigenvalue weighted by atomic mass is 19.1. The highest BCUT2D eigenvalue weighted by molar-refractivity contribution is 5.77. The highest BCUT2D eigenvalue weighted by Crippen LogP contribution is 2.40. The molecule has 0 saturated carbocycles. The van der Waals surface area contributed by atoms with E-state index in [0.717, 1.165) is 12.4 Å². The summed E-state index contributed by atoms with van der Waals surface area (Å²) in [5, 5.41) is 0. The second kappa shape index (κ2) is 6.84. The highest BCUT2D eigenvalue weighted by Gasteiger charge is 2.44. The molecular formula is C19H26FN5. The van der Waals surface area contributed by atoms with Crippen molar-refractivity contribution in [2.45, 2.75) is 26.3 Å². The molecule has 1 aromatic rings. The van der Waals surface area contributed by atoms with E-state index in [-0.39, 0.29) is 5.83 Å². The Morgan fingerprint density at radius 3 is 2.60 bits per heavy atom. The van der Waals surface area contributed by atoms with Gasteiger partial charge in [0.1, 0.15) is 12.5 Å². The van der Waals surface area contributed by atoms with Crippen LogP contribution < -0.4 is 4.90 Å². The quantitative estimate of drug-likeness (QED) is 0.842. The molecule has 0 N–H and O–H groups in total. The van der Waals surface area contributed by atoms with E-state index in [4.69, 9.17) is 0 Å². The number of pyridine rings is 1. The Morgan fingerprint density at radius 1 is 1.16 bits per heavy atom. The molecule has 2 saturated heterocycles. The third kappa shape index (κ3) is 3.60. The Labute approximate surface area is 148 Å². The lowest BCUT2D eigenvalue weighted by molar-refractivity contribution is -0.0502. The van der Waals surface area contributed by atoms with E-state index < -0.39 is 0 Å². The Kier molecular flexibility index (Phi) is 4.56. The molecule has 25 heavy (non-hydrogen) atoms. The first-order valence-corrected chi connectivity index (χ1v) is 9.19. The zero-order valence-electron chi connectivity index (χ0n) is 14.9. The lowest BCUT2D eigenvalue weighted by Gasteiger charge is -2.54. The number of piperidine rings is 1. The van der Waals surface area contributed by atoms with Crippen LogP contribution in [-0.4, -0.2) is 60.4 Å². The van der Waals surface area contributed by atoms with Crippen molar-refractivity contribution in [3.63, 3.8) is 0 Å². The number of hydrogen-bond donors (Lipinski definition) is 0. The molecule has 2 fully saturated rings. The first-order valence-electron chi connectivity index (χ1n) is 9.19. The third-order valence-corrected chi connectivity index (χ3v) is 5.72. The van der Waals surface area contributed by atoms with Crippen molar-refractivity contribution in [2.75, 3.05) is 44.3 Å². The molecule has 0 radical (unpaired) electrons. The molecular weight excluding hydrogens is 317 g/mol. The second-order valence-electron chi connectivity index (χ2n) is 7.54. The maximum Gasteiger partial charge on any atom is 0.157 e. The fraction of sp³-hybridized carbons (Fsp3) is 0.579. The summed E-state index contributed by atoms with van der Waals surface area (Å²) in [6, 6.07) is 4.05. The van der Waals surface area contributed by atoms with Gasteiger partial charge in [-0.25, -0.2) is 9.37 Å². The zero-order chi connectivity index (χ0) is 17.3. The van der Waals surface area contributed by atoms with Gasteiger partial charge in [0, 0.05) is 32.0 Å². The minimum Gasteiger partial charge on any atom is -0.310 e. The van der Waals surface area contributed by atoms with Gasteiger partial charge in [-0.3, -0.25) is 9.89 Å². The lowest BCUT2D eigenvalue weighted by atomic mass is 9.72. The largest absolute Gasteiger partial charge is 0.310 e. The summed E-state index contributed by atoms with van der Waals surface area (Å²) in [7, 11) is 0. The fourth-order valence-corrected chi connectivity index (χ4v) is 4.19. The number of nitrogens with zero attached hydrogens (tertiary/aromatic N) is 5. The SMILES string of the molecule is CCN1CCC2(CC1)CN(Cc1ccc(N3C=C(F)C=NC3)nc1)C2. The van der Waals surface area contributed by atoms with E-state index in [2.05, 4.69) is 32.8 Å². The second-order valence-corrected chi connectivity index (χ2v) is 7.54. The molecule has 4 heterocycles. The van der Waals surface area contributed by atoms with Gasteiger partial charge in [-0.05, 0) is 49.5 Å². The molecule has 0 aliphatic carbocycles. The average molecular weight is 343 g/mol. The standard InChI is InChI=1S/C19H26FN5/c1-2-23-7-5-19(6-8-23)13-24(14-19)11-16-3-4-18(22-9-16)25-12-17(20)10-21-15-25/h3-4,9-10,12H,2,5-8,11,13-15H2,1H3. The summed E-state index contributed by atoms with van der Waals surface area (Å²) in [5.41, 5.74) is 1.78. The van der Waals surface area contributed by atoms with Gasteiger partial charge in [-0.1, -0.05) is 13.0 Å². The van der Waals surface area contributed by atoms with Gasteiger partial charge in [0.25, 0.3) is 0 Å². The summed E-state index contributed by atoms with van der Waals surface area (Å²) in [6.45, 7) is 9.73. The Morgan fingerprint density at radius 2 is 1.96 bits per heavy atom. The number of halogens is 1.